The molecular weight excluding hydrogens is 350 g/mol. The molecule has 7 fully saturated rings. The van der Waals surface area contributed by atoms with Crippen LogP contribution in [-0.2, 0) is 14.3 Å². The molecule has 1 spiro atoms. The van der Waals surface area contributed by atoms with Gasteiger partial charge in [-0.05, 0) is 75.8 Å². The Morgan fingerprint density at radius 1 is 1.00 bits per heavy atom. The quantitative estimate of drug-likeness (QED) is 0.648. The van der Waals surface area contributed by atoms with Crippen LogP contribution < -0.4 is 0 Å². The van der Waals surface area contributed by atoms with Crippen LogP contribution in [0.1, 0.15) is 71.6 Å². The van der Waals surface area contributed by atoms with Gasteiger partial charge in [0.05, 0.1) is 24.4 Å². The highest BCUT2D eigenvalue weighted by Gasteiger charge is 2.79. The van der Waals surface area contributed by atoms with Crippen molar-refractivity contribution in [3.05, 3.63) is 0 Å². The number of ketones is 1. The predicted molar refractivity (Wildman–Crippen MR) is 105 cm³/mol. The molecule has 4 saturated carbocycles. The highest BCUT2D eigenvalue weighted by Crippen LogP contribution is 2.74. The number of nitrogens with zero attached hydrogens (tertiary/aromatic N) is 1. The van der Waals surface area contributed by atoms with E-state index < -0.39 is 0 Å². The molecule has 4 nitrogen and oxygen atoms in total. The van der Waals surface area contributed by atoms with E-state index in [1.807, 2.05) is 0 Å². The number of carbonyl (C=O) groups excluding carboxylic acids is 1. The summed E-state index contributed by atoms with van der Waals surface area (Å²) in [7, 11) is 0. The lowest BCUT2D eigenvalue weighted by Crippen LogP contribution is -2.58. The van der Waals surface area contributed by atoms with Gasteiger partial charge in [0.2, 0.25) is 0 Å². The molecule has 154 valence electrons. The molecule has 4 heteroatoms. The number of hydrogen-bond donors (Lipinski definition) is 0. The molecule has 0 amide bonds. The first kappa shape index (κ1) is 17.3. The summed E-state index contributed by atoms with van der Waals surface area (Å²) in [5.41, 5.74) is 0.308. The largest absolute Gasteiger partial charge is 0.369 e. The smallest absolute Gasteiger partial charge is 0.156 e. The van der Waals surface area contributed by atoms with Crippen LogP contribution in [0.2, 0.25) is 0 Å². The van der Waals surface area contributed by atoms with Crippen LogP contribution >= 0.6 is 0 Å². The molecule has 0 N–H and O–H groups in total. The summed E-state index contributed by atoms with van der Waals surface area (Å²) >= 11 is 0. The summed E-state index contributed by atoms with van der Waals surface area (Å²) in [4.78, 5) is 16.2. The van der Waals surface area contributed by atoms with Crippen molar-refractivity contribution in [2.45, 2.75) is 102 Å². The van der Waals surface area contributed by atoms with Crippen molar-refractivity contribution in [1.29, 1.82) is 0 Å². The minimum atomic E-state index is -0.0815. The van der Waals surface area contributed by atoms with Gasteiger partial charge in [-0.25, -0.2) is 0 Å². The number of ether oxygens (including phenoxy) is 2. The van der Waals surface area contributed by atoms with Crippen molar-refractivity contribution in [3.63, 3.8) is 0 Å². The van der Waals surface area contributed by atoms with E-state index in [0.29, 0.717) is 35.9 Å². The Hall–Kier alpha value is -0.450. The topological polar surface area (TPSA) is 45.4 Å². The summed E-state index contributed by atoms with van der Waals surface area (Å²) in [6, 6.07) is 0.205. The third-order valence-electron chi connectivity index (χ3n) is 10.9. The third kappa shape index (κ3) is 1.92. The van der Waals surface area contributed by atoms with Crippen molar-refractivity contribution in [3.8, 4) is 0 Å². The van der Waals surface area contributed by atoms with Gasteiger partial charge in [0.15, 0.2) is 5.78 Å². The van der Waals surface area contributed by atoms with Crippen LogP contribution in [0.4, 0.5) is 0 Å². The molecule has 0 radical (unpaired) electrons. The SMILES string of the molecule is C[C@]12CC[C@H]3[C@@H](C[C@@H]4O[C@@]45C[C@H]4OC4C[C@]35C)[C@@H]1C[C@H](N1CCCCC1)C2=O. The summed E-state index contributed by atoms with van der Waals surface area (Å²) in [6.45, 7) is 7.14. The Morgan fingerprint density at radius 3 is 2.61 bits per heavy atom. The number of epoxide rings is 2. The fourth-order valence-electron chi connectivity index (χ4n) is 9.25. The second-order valence-corrected chi connectivity index (χ2v) is 11.8. The van der Waals surface area contributed by atoms with Gasteiger partial charge in [-0.15, -0.1) is 0 Å². The van der Waals surface area contributed by atoms with Crippen molar-refractivity contribution in [1.82, 2.24) is 4.90 Å². The van der Waals surface area contributed by atoms with E-state index in [1.54, 1.807) is 0 Å². The molecule has 7 rings (SSSR count). The zero-order chi connectivity index (χ0) is 18.9. The van der Waals surface area contributed by atoms with E-state index in [2.05, 4.69) is 18.7 Å². The van der Waals surface area contributed by atoms with Crippen LogP contribution in [0.15, 0.2) is 0 Å². The maximum atomic E-state index is 13.7. The molecule has 3 heterocycles. The number of carbonyl (C=O) groups is 1. The molecule has 3 aliphatic heterocycles. The van der Waals surface area contributed by atoms with E-state index in [9.17, 15) is 4.79 Å². The zero-order valence-corrected chi connectivity index (χ0v) is 17.5. The van der Waals surface area contributed by atoms with Crippen LogP contribution in [0.3, 0.4) is 0 Å². The van der Waals surface area contributed by atoms with Crippen LogP contribution in [0.25, 0.3) is 0 Å². The second-order valence-electron chi connectivity index (χ2n) is 11.8. The monoisotopic (exact) mass is 385 g/mol. The highest BCUT2D eigenvalue weighted by atomic mass is 16.6. The first-order valence-corrected chi connectivity index (χ1v) is 12.1. The maximum Gasteiger partial charge on any atom is 0.156 e. The molecule has 1 unspecified atom stereocenters. The van der Waals surface area contributed by atoms with E-state index in [-0.39, 0.29) is 22.5 Å². The van der Waals surface area contributed by atoms with Gasteiger partial charge in [0.1, 0.15) is 5.60 Å². The van der Waals surface area contributed by atoms with Crippen molar-refractivity contribution in [2.75, 3.05) is 13.1 Å². The molecule has 10 atom stereocenters. The van der Waals surface area contributed by atoms with Crippen LogP contribution in [0, 0.1) is 28.6 Å². The maximum absolute atomic E-state index is 13.7. The van der Waals surface area contributed by atoms with Gasteiger partial charge in [0.25, 0.3) is 0 Å². The molecule has 0 aromatic heterocycles. The Kier molecular flexibility index (Phi) is 3.22. The van der Waals surface area contributed by atoms with E-state index in [0.717, 1.165) is 38.3 Å². The van der Waals surface area contributed by atoms with Crippen LogP contribution in [0.5, 0.6) is 0 Å². The Bertz CT molecular complexity index is 733. The third-order valence-corrected chi connectivity index (χ3v) is 10.9. The minimum Gasteiger partial charge on any atom is -0.369 e. The Balaban J connectivity index is 1.22. The first-order chi connectivity index (χ1) is 13.5. The van der Waals surface area contributed by atoms with Gasteiger partial charge < -0.3 is 9.47 Å². The summed E-state index contributed by atoms with van der Waals surface area (Å²) < 4.78 is 12.5. The molecular formula is C24H35NO3. The first-order valence-electron chi connectivity index (χ1n) is 12.1. The molecule has 3 saturated heterocycles. The van der Waals surface area contributed by atoms with Crippen LogP contribution in [-0.4, -0.2) is 53.7 Å². The lowest BCUT2D eigenvalue weighted by atomic mass is 9.45. The lowest BCUT2D eigenvalue weighted by Gasteiger charge is -2.57. The normalized spacial score (nSPS) is 62.2. The summed E-state index contributed by atoms with van der Waals surface area (Å²) in [6.07, 6.45) is 12.3. The Morgan fingerprint density at radius 2 is 1.79 bits per heavy atom. The van der Waals surface area contributed by atoms with Crippen molar-refractivity contribution >= 4 is 5.78 Å². The van der Waals surface area contributed by atoms with Crippen molar-refractivity contribution in [2.24, 2.45) is 28.6 Å². The Labute approximate surface area is 168 Å². The summed E-state index contributed by atoms with van der Waals surface area (Å²) in [5, 5.41) is 0. The van der Waals surface area contributed by atoms with E-state index >= 15 is 0 Å². The molecule has 0 aromatic carbocycles. The molecule has 0 aromatic rings. The molecule has 0 bridgehead atoms. The number of rotatable bonds is 1. The zero-order valence-electron chi connectivity index (χ0n) is 17.5. The fraction of sp³-hybridized carbons (Fsp3) is 0.958. The van der Waals surface area contributed by atoms with Gasteiger partial charge in [-0.1, -0.05) is 20.3 Å². The average molecular weight is 386 g/mol. The van der Waals surface area contributed by atoms with E-state index in [4.69, 9.17) is 9.47 Å². The minimum absolute atomic E-state index is 0.0815. The molecule has 28 heavy (non-hydrogen) atoms. The number of hydrogen-bond acceptors (Lipinski definition) is 4. The fourth-order valence-corrected chi connectivity index (χ4v) is 9.25. The highest BCUT2D eigenvalue weighted by molar-refractivity contribution is 5.92. The van der Waals surface area contributed by atoms with E-state index in [1.165, 1.54) is 38.5 Å². The number of Topliss-reactive ketones (excluding diaryl/α,β-unsaturated/α-hetero) is 1. The summed E-state index contributed by atoms with van der Waals surface area (Å²) in [5.74, 6) is 2.56. The number of likely N-dealkylation sites (tertiary alicyclic amines) is 1. The standard InChI is InChI=1S/C24H35NO3/c1-22-7-6-15-14(16(22)11-17(21(22)26)25-8-4-3-5-9-25)10-20-24(28-20)13-19-18(27-19)12-23(15,24)2/h14-20H,3-13H2,1-2H3/t14-,15+,16+,17+,18?,19-,20+,22+,23-,24+/m1/s1. The van der Waals surface area contributed by atoms with Gasteiger partial charge in [0, 0.05) is 17.3 Å². The van der Waals surface area contributed by atoms with Gasteiger partial charge in [-0.3, -0.25) is 9.69 Å². The van der Waals surface area contributed by atoms with Gasteiger partial charge in [-0.2, -0.15) is 0 Å². The van der Waals surface area contributed by atoms with Gasteiger partial charge >= 0.3 is 0 Å². The lowest BCUT2D eigenvalue weighted by molar-refractivity contribution is -0.138. The molecule has 4 aliphatic carbocycles. The predicted octanol–water partition coefficient (Wildman–Crippen LogP) is 3.57. The molecule has 7 aliphatic rings. The van der Waals surface area contributed by atoms with Crippen molar-refractivity contribution < 1.29 is 14.3 Å². The number of piperidine rings is 1. The number of fused-ring (bicyclic) bond motifs is 5. The second kappa shape index (κ2) is 5.23. The average Bonchev–Trinajstić information content (AvgIpc) is 3.57.